The first-order chi connectivity index (χ1) is 11.1. The molecule has 1 aliphatic heterocycles. The van der Waals surface area contributed by atoms with Crippen molar-refractivity contribution < 1.29 is 4.79 Å². The van der Waals surface area contributed by atoms with E-state index in [-0.39, 0.29) is 11.9 Å². The molecule has 1 unspecified atom stereocenters. The Morgan fingerprint density at radius 2 is 2.04 bits per heavy atom. The minimum Gasteiger partial charge on any atom is -0.325 e. The van der Waals surface area contributed by atoms with Gasteiger partial charge in [-0.2, -0.15) is 0 Å². The van der Waals surface area contributed by atoms with Crippen LogP contribution in [0.15, 0.2) is 42.5 Å². The fourth-order valence-electron chi connectivity index (χ4n) is 3.16. The fourth-order valence-corrected chi connectivity index (χ4v) is 3.33. The average molecular weight is 329 g/mol. The Hall–Kier alpha value is -1.84. The third kappa shape index (κ3) is 3.41. The van der Waals surface area contributed by atoms with Crippen LogP contribution in [-0.4, -0.2) is 23.9 Å². The zero-order chi connectivity index (χ0) is 16.4. The Kier molecular flexibility index (Phi) is 4.69. The Morgan fingerprint density at radius 3 is 2.87 bits per heavy atom. The van der Waals surface area contributed by atoms with Gasteiger partial charge in [0.25, 0.3) is 0 Å². The first-order valence-corrected chi connectivity index (χ1v) is 8.31. The number of nitrogens with zero attached hydrogens (tertiary/aromatic N) is 1. The molecule has 1 amide bonds. The van der Waals surface area contributed by atoms with Crippen LogP contribution < -0.4 is 5.32 Å². The van der Waals surface area contributed by atoms with Gasteiger partial charge in [0.05, 0.1) is 6.54 Å². The summed E-state index contributed by atoms with van der Waals surface area (Å²) in [6, 6.07) is 14.3. The summed E-state index contributed by atoms with van der Waals surface area (Å²) in [4.78, 5) is 14.6. The number of hydrogen-bond acceptors (Lipinski definition) is 2. The smallest absolute Gasteiger partial charge is 0.238 e. The zero-order valence-corrected chi connectivity index (χ0v) is 14.2. The first-order valence-electron chi connectivity index (χ1n) is 7.93. The molecule has 1 heterocycles. The van der Waals surface area contributed by atoms with Gasteiger partial charge in [0.1, 0.15) is 0 Å². The minimum absolute atomic E-state index is 0.00148. The Labute approximate surface area is 142 Å². The molecule has 1 N–H and O–H groups in total. The number of anilines is 1. The van der Waals surface area contributed by atoms with E-state index in [1.807, 2.05) is 25.1 Å². The zero-order valence-electron chi connectivity index (χ0n) is 13.5. The SMILES string of the molecule is Cc1c(Cl)cccc1NC(=O)CN1CCc2ccccc2C1C. The van der Waals surface area contributed by atoms with Crippen LogP contribution in [0.2, 0.25) is 5.02 Å². The van der Waals surface area contributed by atoms with Crippen molar-refractivity contribution >= 4 is 23.2 Å². The van der Waals surface area contributed by atoms with Crippen molar-refractivity contribution in [3.8, 4) is 0 Å². The van der Waals surface area contributed by atoms with Crippen LogP contribution in [0.25, 0.3) is 0 Å². The van der Waals surface area contributed by atoms with Crippen LogP contribution in [0.4, 0.5) is 5.69 Å². The quantitative estimate of drug-likeness (QED) is 0.915. The molecule has 0 radical (unpaired) electrons. The number of hydrogen-bond donors (Lipinski definition) is 1. The Bertz CT molecular complexity index is 729. The van der Waals surface area contributed by atoms with Gasteiger partial charge in [0.15, 0.2) is 0 Å². The van der Waals surface area contributed by atoms with Crippen LogP contribution in [0.3, 0.4) is 0 Å². The molecule has 2 aromatic rings. The standard InChI is InChI=1S/C19H21ClN2O/c1-13-17(20)8-5-9-18(13)21-19(23)12-22-11-10-15-6-3-4-7-16(15)14(22)2/h3-9,14H,10-12H2,1-2H3,(H,21,23). The lowest BCUT2D eigenvalue weighted by Gasteiger charge is -2.34. The van der Waals surface area contributed by atoms with Crippen molar-refractivity contribution in [3.05, 3.63) is 64.2 Å². The lowest BCUT2D eigenvalue weighted by molar-refractivity contribution is -0.117. The number of benzene rings is 2. The van der Waals surface area contributed by atoms with E-state index >= 15 is 0 Å². The second-order valence-corrected chi connectivity index (χ2v) is 6.46. The number of carbonyl (C=O) groups is 1. The second-order valence-electron chi connectivity index (χ2n) is 6.06. The lowest BCUT2D eigenvalue weighted by Crippen LogP contribution is -2.39. The van der Waals surface area contributed by atoms with Crippen molar-refractivity contribution in [2.45, 2.75) is 26.3 Å². The second kappa shape index (κ2) is 6.73. The van der Waals surface area contributed by atoms with E-state index in [4.69, 9.17) is 11.6 Å². The molecule has 1 aliphatic rings. The van der Waals surface area contributed by atoms with Crippen molar-refractivity contribution in [3.63, 3.8) is 0 Å². The highest BCUT2D eigenvalue weighted by Gasteiger charge is 2.25. The maximum atomic E-state index is 12.4. The molecule has 1 atom stereocenters. The summed E-state index contributed by atoms with van der Waals surface area (Å²) in [6.45, 7) is 5.37. The molecular weight excluding hydrogens is 308 g/mol. The van der Waals surface area contributed by atoms with E-state index in [0.29, 0.717) is 11.6 Å². The number of amides is 1. The maximum absolute atomic E-state index is 12.4. The van der Waals surface area contributed by atoms with Crippen LogP contribution in [0.1, 0.15) is 29.7 Å². The number of carbonyl (C=O) groups excluding carboxylic acids is 1. The van der Waals surface area contributed by atoms with Gasteiger partial charge in [-0.25, -0.2) is 0 Å². The van der Waals surface area contributed by atoms with E-state index in [0.717, 1.165) is 24.2 Å². The van der Waals surface area contributed by atoms with Crippen molar-refractivity contribution in [2.75, 3.05) is 18.4 Å². The number of rotatable bonds is 3. The van der Waals surface area contributed by atoms with Crippen LogP contribution in [0, 0.1) is 6.92 Å². The lowest BCUT2D eigenvalue weighted by atomic mass is 9.94. The molecule has 2 aromatic carbocycles. The summed E-state index contributed by atoms with van der Waals surface area (Å²) in [5.41, 5.74) is 4.40. The summed E-state index contributed by atoms with van der Waals surface area (Å²) in [6.07, 6.45) is 0.990. The predicted molar refractivity (Wildman–Crippen MR) is 95.0 cm³/mol. The van der Waals surface area contributed by atoms with Gasteiger partial charge in [-0.15, -0.1) is 0 Å². The van der Waals surface area contributed by atoms with Gasteiger partial charge in [-0.3, -0.25) is 9.69 Å². The fraction of sp³-hybridized carbons (Fsp3) is 0.316. The molecule has 0 saturated carbocycles. The normalized spacial score (nSPS) is 17.6. The molecule has 4 heteroatoms. The maximum Gasteiger partial charge on any atom is 0.238 e. The molecule has 0 fully saturated rings. The predicted octanol–water partition coefficient (Wildman–Crippen LogP) is 4.21. The molecule has 0 saturated heterocycles. The molecule has 23 heavy (non-hydrogen) atoms. The van der Waals surface area contributed by atoms with E-state index < -0.39 is 0 Å². The topological polar surface area (TPSA) is 32.3 Å². The third-order valence-electron chi connectivity index (χ3n) is 4.61. The van der Waals surface area contributed by atoms with Crippen LogP contribution in [0.5, 0.6) is 0 Å². The largest absolute Gasteiger partial charge is 0.325 e. The highest BCUT2D eigenvalue weighted by Crippen LogP contribution is 2.29. The van der Waals surface area contributed by atoms with E-state index in [9.17, 15) is 4.79 Å². The molecule has 3 rings (SSSR count). The van der Waals surface area contributed by atoms with Gasteiger partial charge >= 0.3 is 0 Å². The highest BCUT2D eigenvalue weighted by molar-refractivity contribution is 6.31. The highest BCUT2D eigenvalue weighted by atomic mass is 35.5. The molecule has 0 bridgehead atoms. The van der Waals surface area contributed by atoms with Gasteiger partial charge < -0.3 is 5.32 Å². The minimum atomic E-state index is 0.00148. The van der Waals surface area contributed by atoms with Crippen LogP contribution >= 0.6 is 11.6 Å². The summed E-state index contributed by atoms with van der Waals surface area (Å²) < 4.78 is 0. The Morgan fingerprint density at radius 1 is 1.26 bits per heavy atom. The number of nitrogens with one attached hydrogen (secondary N) is 1. The van der Waals surface area contributed by atoms with Gasteiger partial charge in [0.2, 0.25) is 5.91 Å². The van der Waals surface area contributed by atoms with Gasteiger partial charge in [0, 0.05) is 23.3 Å². The summed E-state index contributed by atoms with van der Waals surface area (Å²) in [7, 11) is 0. The number of fused-ring (bicyclic) bond motifs is 1. The van der Waals surface area contributed by atoms with Gasteiger partial charge in [-0.1, -0.05) is 41.9 Å². The molecule has 0 spiro atoms. The van der Waals surface area contributed by atoms with E-state index in [1.165, 1.54) is 11.1 Å². The van der Waals surface area contributed by atoms with Gasteiger partial charge in [-0.05, 0) is 49.1 Å². The third-order valence-corrected chi connectivity index (χ3v) is 5.02. The van der Waals surface area contributed by atoms with Crippen LogP contribution in [-0.2, 0) is 11.2 Å². The summed E-state index contributed by atoms with van der Waals surface area (Å²) in [5.74, 6) is 0.00148. The summed E-state index contributed by atoms with van der Waals surface area (Å²) in [5, 5.41) is 3.65. The number of halogens is 1. The molecule has 120 valence electrons. The molecule has 3 nitrogen and oxygen atoms in total. The molecular formula is C19H21ClN2O. The van der Waals surface area contributed by atoms with Crippen molar-refractivity contribution in [1.29, 1.82) is 0 Å². The van der Waals surface area contributed by atoms with E-state index in [2.05, 4.69) is 41.4 Å². The van der Waals surface area contributed by atoms with Crippen molar-refractivity contribution in [1.82, 2.24) is 4.90 Å². The monoisotopic (exact) mass is 328 g/mol. The van der Waals surface area contributed by atoms with E-state index in [1.54, 1.807) is 0 Å². The van der Waals surface area contributed by atoms with Crippen molar-refractivity contribution in [2.24, 2.45) is 0 Å². The average Bonchev–Trinajstić information content (AvgIpc) is 2.55. The molecule has 0 aromatic heterocycles. The molecule has 0 aliphatic carbocycles. The Balaban J connectivity index is 1.68. The first kappa shape index (κ1) is 16.0. The summed E-state index contributed by atoms with van der Waals surface area (Å²) >= 11 is 6.11.